The first-order valence-electron chi connectivity index (χ1n) is 5.97. The summed E-state index contributed by atoms with van der Waals surface area (Å²) in [6, 6.07) is 8.14. The summed E-state index contributed by atoms with van der Waals surface area (Å²) in [5.41, 5.74) is 2.37. The maximum Gasteiger partial charge on any atom is 0.142 e. The van der Waals surface area contributed by atoms with E-state index in [9.17, 15) is 4.79 Å². The molecular weight excluding hydrogens is 224 g/mol. The molecule has 1 aliphatic carbocycles. The summed E-state index contributed by atoms with van der Waals surface area (Å²) in [7, 11) is 1.67. The van der Waals surface area contributed by atoms with Crippen LogP contribution in [0, 0.1) is 0 Å². The van der Waals surface area contributed by atoms with Gasteiger partial charge in [0.15, 0.2) is 0 Å². The zero-order valence-electron chi connectivity index (χ0n) is 10.4. The van der Waals surface area contributed by atoms with Crippen LogP contribution in [0.2, 0.25) is 0 Å². The van der Waals surface area contributed by atoms with Crippen LogP contribution in [0.4, 0.5) is 0 Å². The Morgan fingerprint density at radius 3 is 2.61 bits per heavy atom. The largest absolute Gasteiger partial charge is 0.497 e. The summed E-state index contributed by atoms with van der Waals surface area (Å²) in [4.78, 5) is 10.2. The second-order valence-corrected chi connectivity index (χ2v) is 4.17. The number of rotatable bonds is 4. The van der Waals surface area contributed by atoms with Crippen molar-refractivity contribution >= 4 is 6.29 Å². The quantitative estimate of drug-likeness (QED) is 0.595. The average molecular weight is 240 g/mol. The van der Waals surface area contributed by atoms with Gasteiger partial charge in [-0.2, -0.15) is 0 Å². The molecule has 0 saturated carbocycles. The van der Waals surface area contributed by atoms with Crippen LogP contribution in [0.25, 0.3) is 0 Å². The molecule has 0 fully saturated rings. The average Bonchev–Trinajstić information content (AvgIpc) is 2.46. The lowest BCUT2D eigenvalue weighted by molar-refractivity contribution is -0.104. The number of allylic oxidation sites excluding steroid dienone is 6. The van der Waals surface area contributed by atoms with E-state index in [2.05, 4.69) is 30.4 Å². The van der Waals surface area contributed by atoms with Crippen LogP contribution in [0.5, 0.6) is 5.75 Å². The van der Waals surface area contributed by atoms with Gasteiger partial charge in [-0.3, -0.25) is 4.79 Å². The summed E-state index contributed by atoms with van der Waals surface area (Å²) >= 11 is 0. The third kappa shape index (κ3) is 2.98. The Balaban J connectivity index is 2.05. The van der Waals surface area contributed by atoms with E-state index in [1.54, 1.807) is 7.11 Å². The fourth-order valence-corrected chi connectivity index (χ4v) is 2.01. The third-order valence-electron chi connectivity index (χ3n) is 3.04. The zero-order valence-corrected chi connectivity index (χ0v) is 10.4. The summed E-state index contributed by atoms with van der Waals surface area (Å²) in [6.45, 7) is 0. The Morgan fingerprint density at radius 2 is 2.06 bits per heavy atom. The molecular formula is C16H16O2. The molecule has 2 rings (SSSR count). The van der Waals surface area contributed by atoms with Crippen LogP contribution in [0.3, 0.4) is 0 Å². The van der Waals surface area contributed by atoms with Crippen molar-refractivity contribution < 1.29 is 9.53 Å². The van der Waals surface area contributed by atoms with Crippen molar-refractivity contribution in [1.29, 1.82) is 0 Å². The van der Waals surface area contributed by atoms with Crippen molar-refractivity contribution in [3.63, 3.8) is 0 Å². The molecule has 1 aromatic rings. The lowest BCUT2D eigenvalue weighted by Gasteiger charge is -2.15. The molecule has 0 spiro atoms. The summed E-state index contributed by atoms with van der Waals surface area (Å²) in [5, 5.41) is 0. The van der Waals surface area contributed by atoms with E-state index in [0.717, 1.165) is 24.0 Å². The smallest absolute Gasteiger partial charge is 0.142 e. The number of methoxy groups -OCH3 is 1. The van der Waals surface area contributed by atoms with Gasteiger partial charge < -0.3 is 4.74 Å². The van der Waals surface area contributed by atoms with E-state index in [-0.39, 0.29) is 0 Å². The Labute approximate surface area is 107 Å². The minimum Gasteiger partial charge on any atom is -0.497 e. The van der Waals surface area contributed by atoms with Crippen molar-refractivity contribution in [2.45, 2.75) is 12.3 Å². The molecule has 0 saturated heterocycles. The van der Waals surface area contributed by atoms with Crippen molar-refractivity contribution in [3.05, 3.63) is 65.8 Å². The highest BCUT2D eigenvalue weighted by Crippen LogP contribution is 2.28. The topological polar surface area (TPSA) is 26.3 Å². The molecule has 0 amide bonds. The first-order valence-corrected chi connectivity index (χ1v) is 5.97. The minimum atomic E-state index is 0.407. The number of ether oxygens (including phenoxy) is 1. The minimum absolute atomic E-state index is 0.407. The van der Waals surface area contributed by atoms with Gasteiger partial charge in [0.2, 0.25) is 0 Å². The van der Waals surface area contributed by atoms with Crippen LogP contribution in [-0.4, -0.2) is 13.4 Å². The molecule has 1 aromatic carbocycles. The molecule has 1 aliphatic rings. The molecule has 0 aromatic heterocycles. The van der Waals surface area contributed by atoms with E-state index >= 15 is 0 Å². The lowest BCUT2D eigenvalue weighted by atomic mass is 9.90. The Bertz CT molecular complexity index is 492. The molecule has 2 heteroatoms. The van der Waals surface area contributed by atoms with Crippen LogP contribution in [-0.2, 0) is 4.79 Å². The maximum atomic E-state index is 10.2. The van der Waals surface area contributed by atoms with Crippen molar-refractivity contribution in [2.75, 3.05) is 7.11 Å². The summed E-state index contributed by atoms with van der Waals surface area (Å²) in [5.74, 6) is 1.29. The number of carbonyl (C=O) groups excluding carboxylic acids is 1. The first kappa shape index (κ1) is 12.4. The fourth-order valence-electron chi connectivity index (χ4n) is 2.01. The molecule has 0 heterocycles. The maximum absolute atomic E-state index is 10.2. The Kier molecular flexibility index (Phi) is 4.13. The molecule has 0 aliphatic heterocycles. The molecule has 92 valence electrons. The number of aldehydes is 1. The van der Waals surface area contributed by atoms with Gasteiger partial charge in [-0.25, -0.2) is 0 Å². The van der Waals surface area contributed by atoms with Crippen molar-refractivity contribution in [3.8, 4) is 5.75 Å². The molecule has 1 atom stereocenters. The molecule has 2 nitrogen and oxygen atoms in total. The highest BCUT2D eigenvalue weighted by atomic mass is 16.5. The number of hydrogen-bond acceptors (Lipinski definition) is 2. The van der Waals surface area contributed by atoms with Crippen molar-refractivity contribution in [2.24, 2.45) is 0 Å². The van der Waals surface area contributed by atoms with E-state index in [0.29, 0.717) is 5.92 Å². The fraction of sp³-hybridized carbons (Fsp3) is 0.188. The van der Waals surface area contributed by atoms with Crippen LogP contribution < -0.4 is 4.74 Å². The normalized spacial score (nSPS) is 18.7. The van der Waals surface area contributed by atoms with Crippen LogP contribution in [0.1, 0.15) is 17.9 Å². The Hall–Kier alpha value is -2.09. The van der Waals surface area contributed by atoms with Crippen molar-refractivity contribution in [1.82, 2.24) is 0 Å². The molecule has 1 unspecified atom stereocenters. The Morgan fingerprint density at radius 1 is 1.28 bits per heavy atom. The standard InChI is InChI=1S/C16H16O2/c1-18-16-10-8-15(9-11-16)14-6-4-13(5-7-14)3-2-12-17/h2-6,8-12,14H,7H2,1H3/b3-2+. The van der Waals surface area contributed by atoms with Gasteiger partial charge in [-0.05, 0) is 35.8 Å². The molecule has 0 radical (unpaired) electrons. The number of hydrogen-bond donors (Lipinski definition) is 0. The van der Waals surface area contributed by atoms with Gasteiger partial charge in [-0.15, -0.1) is 0 Å². The zero-order chi connectivity index (χ0) is 12.8. The van der Waals surface area contributed by atoms with Gasteiger partial charge in [0.05, 0.1) is 7.11 Å². The van der Waals surface area contributed by atoms with Gasteiger partial charge in [0, 0.05) is 5.92 Å². The number of carbonyl (C=O) groups is 1. The molecule has 0 bridgehead atoms. The predicted octanol–water partition coefficient (Wildman–Crippen LogP) is 3.42. The van der Waals surface area contributed by atoms with Crippen LogP contribution >= 0.6 is 0 Å². The summed E-state index contributed by atoms with van der Waals surface area (Å²) in [6.07, 6.45) is 11.5. The molecule has 0 N–H and O–H groups in total. The van der Waals surface area contributed by atoms with E-state index < -0.39 is 0 Å². The second-order valence-electron chi connectivity index (χ2n) is 4.17. The monoisotopic (exact) mass is 240 g/mol. The molecule has 18 heavy (non-hydrogen) atoms. The summed E-state index contributed by atoms with van der Waals surface area (Å²) < 4.78 is 5.15. The predicted molar refractivity (Wildman–Crippen MR) is 72.8 cm³/mol. The lowest BCUT2D eigenvalue weighted by Crippen LogP contribution is -1.98. The van der Waals surface area contributed by atoms with Gasteiger partial charge in [0.1, 0.15) is 12.0 Å². The number of benzene rings is 1. The van der Waals surface area contributed by atoms with E-state index in [1.807, 2.05) is 18.2 Å². The second kappa shape index (κ2) is 6.01. The van der Waals surface area contributed by atoms with Crippen LogP contribution in [0.15, 0.2) is 60.2 Å². The van der Waals surface area contributed by atoms with E-state index in [4.69, 9.17) is 4.74 Å². The highest BCUT2D eigenvalue weighted by Gasteiger charge is 2.10. The SMILES string of the molecule is COc1ccc(C2C=CC(/C=C/C=O)=CC2)cc1. The van der Waals surface area contributed by atoms with Gasteiger partial charge in [-0.1, -0.05) is 36.4 Å². The third-order valence-corrected chi connectivity index (χ3v) is 3.04. The van der Waals surface area contributed by atoms with Gasteiger partial charge >= 0.3 is 0 Å². The van der Waals surface area contributed by atoms with E-state index in [1.165, 1.54) is 11.6 Å². The van der Waals surface area contributed by atoms with Gasteiger partial charge in [0.25, 0.3) is 0 Å². The highest BCUT2D eigenvalue weighted by molar-refractivity contribution is 5.66. The first-order chi connectivity index (χ1) is 8.83.